The van der Waals surface area contributed by atoms with Gasteiger partial charge in [-0.05, 0) is 25.1 Å². The average molecular weight is 310 g/mol. The van der Waals surface area contributed by atoms with Crippen LogP contribution < -0.4 is 0 Å². The fourth-order valence-electron chi connectivity index (χ4n) is 1.63. The third kappa shape index (κ3) is 2.62. The first-order valence-electron chi connectivity index (χ1n) is 5.69. The number of hydrogen-bond acceptors (Lipinski definition) is 4. The number of carbonyl (C=O) groups is 1. The highest BCUT2D eigenvalue weighted by molar-refractivity contribution is 6.42. The lowest BCUT2D eigenvalue weighted by molar-refractivity contribution is 0.0526. The molecule has 2 aromatic rings. The Morgan fingerprint density at radius 1 is 1.45 bits per heavy atom. The fourth-order valence-corrected chi connectivity index (χ4v) is 1.92. The Morgan fingerprint density at radius 2 is 2.20 bits per heavy atom. The largest absolute Gasteiger partial charge is 0.462 e. The molecular weight excluding hydrogens is 301 g/mol. The molecule has 0 atom stereocenters. The molecule has 0 aliphatic rings. The van der Waals surface area contributed by atoms with Gasteiger partial charge in [-0.3, -0.25) is 0 Å². The second-order valence-electron chi connectivity index (χ2n) is 3.75. The van der Waals surface area contributed by atoms with E-state index in [0.29, 0.717) is 15.7 Å². The van der Waals surface area contributed by atoms with E-state index >= 15 is 0 Å². The van der Waals surface area contributed by atoms with Crippen molar-refractivity contribution in [1.29, 1.82) is 5.26 Å². The van der Waals surface area contributed by atoms with Gasteiger partial charge in [0.05, 0.1) is 28.5 Å². The standard InChI is InChI=1S/C13H9Cl2N3O2/c1-2-20-13(19)9-7-17-18(12(9)6-16)8-3-4-10(14)11(15)5-8/h3-5,7H,2H2,1H3. The number of hydrogen-bond donors (Lipinski definition) is 0. The first-order valence-corrected chi connectivity index (χ1v) is 6.44. The fraction of sp³-hybridized carbons (Fsp3) is 0.154. The van der Waals surface area contributed by atoms with E-state index in [2.05, 4.69) is 5.10 Å². The van der Waals surface area contributed by atoms with Crippen molar-refractivity contribution < 1.29 is 9.53 Å². The molecular formula is C13H9Cl2N3O2. The Bertz CT molecular complexity index is 704. The van der Waals surface area contributed by atoms with E-state index in [4.69, 9.17) is 27.9 Å². The molecule has 0 aliphatic carbocycles. The summed E-state index contributed by atoms with van der Waals surface area (Å²) in [5, 5.41) is 14.0. The predicted octanol–water partition coefficient (Wildman–Crippen LogP) is 3.23. The van der Waals surface area contributed by atoms with Gasteiger partial charge in [0, 0.05) is 0 Å². The van der Waals surface area contributed by atoms with Crippen LogP contribution in [0.1, 0.15) is 23.0 Å². The summed E-state index contributed by atoms with van der Waals surface area (Å²) in [6.45, 7) is 1.91. The zero-order valence-electron chi connectivity index (χ0n) is 10.4. The highest BCUT2D eigenvalue weighted by atomic mass is 35.5. The van der Waals surface area contributed by atoms with Crippen LogP contribution >= 0.6 is 23.2 Å². The number of nitrogens with zero attached hydrogens (tertiary/aromatic N) is 3. The molecule has 0 saturated heterocycles. The van der Waals surface area contributed by atoms with Crippen LogP contribution in [-0.4, -0.2) is 22.4 Å². The Hall–Kier alpha value is -2.03. The van der Waals surface area contributed by atoms with Crippen LogP contribution in [0.4, 0.5) is 0 Å². The van der Waals surface area contributed by atoms with Gasteiger partial charge in [0.2, 0.25) is 0 Å². The molecule has 0 bridgehead atoms. The number of nitriles is 1. The van der Waals surface area contributed by atoms with Crippen molar-refractivity contribution in [3.8, 4) is 11.8 Å². The highest BCUT2D eigenvalue weighted by Gasteiger charge is 2.19. The quantitative estimate of drug-likeness (QED) is 0.816. The van der Waals surface area contributed by atoms with Gasteiger partial charge in [-0.15, -0.1) is 0 Å². The minimum Gasteiger partial charge on any atom is -0.462 e. The van der Waals surface area contributed by atoms with Crippen LogP contribution in [0.2, 0.25) is 10.0 Å². The molecule has 0 aliphatic heterocycles. The van der Waals surface area contributed by atoms with Crippen molar-refractivity contribution >= 4 is 29.2 Å². The van der Waals surface area contributed by atoms with Gasteiger partial charge in [0.1, 0.15) is 11.6 Å². The van der Waals surface area contributed by atoms with Gasteiger partial charge in [-0.1, -0.05) is 23.2 Å². The van der Waals surface area contributed by atoms with Gasteiger partial charge < -0.3 is 4.74 Å². The Labute approximate surface area is 125 Å². The van der Waals surface area contributed by atoms with E-state index in [0.717, 1.165) is 0 Å². The van der Waals surface area contributed by atoms with Crippen LogP contribution in [0, 0.1) is 11.3 Å². The highest BCUT2D eigenvalue weighted by Crippen LogP contribution is 2.25. The van der Waals surface area contributed by atoms with E-state index in [1.54, 1.807) is 25.1 Å². The molecule has 20 heavy (non-hydrogen) atoms. The maximum absolute atomic E-state index is 11.7. The Morgan fingerprint density at radius 3 is 2.80 bits per heavy atom. The zero-order valence-corrected chi connectivity index (χ0v) is 11.9. The summed E-state index contributed by atoms with van der Waals surface area (Å²) >= 11 is 11.8. The molecule has 0 N–H and O–H groups in total. The molecule has 0 unspecified atom stereocenters. The lowest BCUT2D eigenvalue weighted by Crippen LogP contribution is -2.07. The topological polar surface area (TPSA) is 67.9 Å². The first kappa shape index (κ1) is 14.4. The molecule has 7 heteroatoms. The van der Waals surface area contributed by atoms with Gasteiger partial charge in [-0.25, -0.2) is 9.48 Å². The molecule has 0 spiro atoms. The number of ether oxygens (including phenoxy) is 1. The number of aromatic nitrogens is 2. The molecule has 0 amide bonds. The van der Waals surface area contributed by atoms with Gasteiger partial charge in [0.15, 0.2) is 5.69 Å². The SMILES string of the molecule is CCOC(=O)c1cnn(-c2ccc(Cl)c(Cl)c2)c1C#N. The minimum absolute atomic E-state index is 0.0850. The zero-order chi connectivity index (χ0) is 14.7. The molecule has 0 fully saturated rings. The lowest BCUT2D eigenvalue weighted by atomic mass is 10.2. The molecule has 2 rings (SSSR count). The van der Waals surface area contributed by atoms with Crippen LogP contribution in [0.3, 0.4) is 0 Å². The number of benzene rings is 1. The smallest absolute Gasteiger partial charge is 0.342 e. The number of halogens is 2. The second kappa shape index (κ2) is 5.95. The van der Waals surface area contributed by atoms with Crippen LogP contribution in [0.15, 0.2) is 24.4 Å². The molecule has 102 valence electrons. The number of carbonyl (C=O) groups excluding carboxylic acids is 1. The summed E-state index contributed by atoms with van der Waals surface area (Å²) in [5.41, 5.74) is 0.730. The van der Waals surface area contributed by atoms with E-state index in [9.17, 15) is 10.1 Å². The Kier molecular flexibility index (Phi) is 4.28. The van der Waals surface area contributed by atoms with Crippen molar-refractivity contribution in [3.05, 3.63) is 45.7 Å². The van der Waals surface area contributed by atoms with Gasteiger partial charge >= 0.3 is 5.97 Å². The van der Waals surface area contributed by atoms with E-state index < -0.39 is 5.97 Å². The first-order chi connectivity index (χ1) is 9.58. The predicted molar refractivity (Wildman–Crippen MR) is 74.3 cm³/mol. The van der Waals surface area contributed by atoms with Crippen molar-refractivity contribution in [3.63, 3.8) is 0 Å². The van der Waals surface area contributed by atoms with Crippen molar-refractivity contribution in [2.75, 3.05) is 6.61 Å². The third-order valence-corrected chi connectivity index (χ3v) is 3.26. The summed E-state index contributed by atoms with van der Waals surface area (Å²) in [5.74, 6) is -0.588. The van der Waals surface area contributed by atoms with E-state index in [1.165, 1.54) is 10.9 Å². The molecule has 1 aromatic heterocycles. The van der Waals surface area contributed by atoms with Crippen molar-refractivity contribution in [2.45, 2.75) is 6.92 Å². The summed E-state index contributed by atoms with van der Waals surface area (Å²) in [7, 11) is 0. The maximum atomic E-state index is 11.7. The summed E-state index contributed by atoms with van der Waals surface area (Å²) < 4.78 is 6.19. The molecule has 1 heterocycles. The van der Waals surface area contributed by atoms with Crippen LogP contribution in [-0.2, 0) is 4.74 Å². The maximum Gasteiger partial charge on any atom is 0.342 e. The van der Waals surface area contributed by atoms with Crippen molar-refractivity contribution in [1.82, 2.24) is 9.78 Å². The number of rotatable bonds is 3. The molecule has 0 saturated carbocycles. The molecule has 1 aromatic carbocycles. The lowest BCUT2D eigenvalue weighted by Gasteiger charge is -2.05. The third-order valence-electron chi connectivity index (χ3n) is 2.52. The molecule has 5 nitrogen and oxygen atoms in total. The minimum atomic E-state index is -0.588. The van der Waals surface area contributed by atoms with Crippen molar-refractivity contribution in [2.24, 2.45) is 0 Å². The van der Waals surface area contributed by atoms with Crippen LogP contribution in [0.5, 0.6) is 0 Å². The monoisotopic (exact) mass is 309 g/mol. The summed E-state index contributed by atoms with van der Waals surface area (Å²) in [6, 6.07) is 6.74. The summed E-state index contributed by atoms with van der Waals surface area (Å²) in [4.78, 5) is 11.7. The van der Waals surface area contributed by atoms with Gasteiger partial charge in [0.25, 0.3) is 0 Å². The van der Waals surface area contributed by atoms with E-state index in [-0.39, 0.29) is 17.9 Å². The number of esters is 1. The van der Waals surface area contributed by atoms with Crippen LogP contribution in [0.25, 0.3) is 5.69 Å². The second-order valence-corrected chi connectivity index (χ2v) is 4.56. The Balaban J connectivity index is 2.50. The summed E-state index contributed by atoms with van der Waals surface area (Å²) in [6.07, 6.45) is 1.29. The average Bonchev–Trinajstić information content (AvgIpc) is 2.86. The molecule has 0 radical (unpaired) electrons. The van der Waals surface area contributed by atoms with E-state index in [1.807, 2.05) is 6.07 Å². The normalized spacial score (nSPS) is 10.1. The van der Waals surface area contributed by atoms with Gasteiger partial charge in [-0.2, -0.15) is 10.4 Å².